The second kappa shape index (κ2) is 19.6. The average molecular weight is 775 g/mol. The molecule has 284 valence electrons. The van der Waals surface area contributed by atoms with Gasteiger partial charge in [0, 0.05) is 16.4 Å². The third kappa shape index (κ3) is 11.1. The molecule has 0 radical (unpaired) electrons. The molecule has 1 atom stereocenters. The average Bonchev–Trinajstić information content (AvgIpc) is 3.21. The van der Waals surface area contributed by atoms with E-state index in [9.17, 15) is 13.5 Å². The molecule has 0 aromatic heterocycles. The molecule has 6 rings (SSSR count). The zero-order valence-electron chi connectivity index (χ0n) is 30.8. The molecule has 0 spiro atoms. The van der Waals surface area contributed by atoms with Crippen molar-refractivity contribution in [2.75, 3.05) is 19.8 Å². The SMILES string of the molecule is CCCCOc1ccc(Sc2ccc(-c3ccccc3C(O)c3cccc(COCCc4ccc(CCO)cc4)c3)cc2S(=O)(=O)Oc2ccccc2)cc1. The first-order valence-electron chi connectivity index (χ1n) is 18.5. The van der Waals surface area contributed by atoms with Gasteiger partial charge in [-0.1, -0.05) is 122 Å². The number of para-hydroxylation sites is 1. The number of ether oxygens (including phenoxy) is 2. The third-order valence-corrected chi connectivity index (χ3v) is 11.5. The highest BCUT2D eigenvalue weighted by Gasteiger charge is 2.24. The molecule has 0 heterocycles. The summed E-state index contributed by atoms with van der Waals surface area (Å²) < 4.78 is 45.4. The Morgan fingerprint density at radius 1 is 0.691 bits per heavy atom. The van der Waals surface area contributed by atoms with Crippen LogP contribution in [0, 0.1) is 0 Å². The van der Waals surface area contributed by atoms with Crippen LogP contribution in [0.3, 0.4) is 0 Å². The Morgan fingerprint density at radius 2 is 1.42 bits per heavy atom. The highest BCUT2D eigenvalue weighted by atomic mass is 32.2. The molecule has 1 unspecified atom stereocenters. The van der Waals surface area contributed by atoms with Crippen LogP contribution in [0.1, 0.15) is 53.7 Å². The predicted octanol–water partition coefficient (Wildman–Crippen LogP) is 9.83. The maximum Gasteiger partial charge on any atom is 0.340 e. The van der Waals surface area contributed by atoms with Gasteiger partial charge >= 0.3 is 10.1 Å². The van der Waals surface area contributed by atoms with Gasteiger partial charge in [0.1, 0.15) is 22.5 Å². The fourth-order valence-corrected chi connectivity index (χ4v) is 8.37. The lowest BCUT2D eigenvalue weighted by Gasteiger charge is -2.19. The molecule has 0 amide bonds. The Kier molecular flexibility index (Phi) is 14.2. The Bertz CT molecular complexity index is 2220. The van der Waals surface area contributed by atoms with Crippen molar-refractivity contribution in [3.8, 4) is 22.6 Å². The molecule has 0 saturated heterocycles. The molecule has 0 aliphatic heterocycles. The van der Waals surface area contributed by atoms with E-state index in [2.05, 4.69) is 19.1 Å². The molecular weight excluding hydrogens is 729 g/mol. The fourth-order valence-electron chi connectivity index (χ4n) is 6.08. The first-order valence-corrected chi connectivity index (χ1v) is 20.7. The van der Waals surface area contributed by atoms with Gasteiger partial charge in [0.25, 0.3) is 0 Å². The molecule has 6 aromatic carbocycles. The number of rotatable bonds is 19. The lowest BCUT2D eigenvalue weighted by atomic mass is 9.92. The number of hydrogen-bond acceptors (Lipinski definition) is 8. The molecule has 0 aliphatic rings. The highest BCUT2D eigenvalue weighted by molar-refractivity contribution is 8.00. The van der Waals surface area contributed by atoms with Gasteiger partial charge in [-0.3, -0.25) is 0 Å². The molecule has 0 bridgehead atoms. The van der Waals surface area contributed by atoms with Crippen LogP contribution in [-0.4, -0.2) is 38.5 Å². The van der Waals surface area contributed by atoms with Crippen molar-refractivity contribution in [2.24, 2.45) is 0 Å². The van der Waals surface area contributed by atoms with Gasteiger partial charge in [-0.05, 0) is 107 Å². The van der Waals surface area contributed by atoms with Crippen LogP contribution >= 0.6 is 11.8 Å². The summed E-state index contributed by atoms with van der Waals surface area (Å²) in [7, 11) is -4.27. The van der Waals surface area contributed by atoms with Crippen molar-refractivity contribution >= 4 is 21.9 Å². The van der Waals surface area contributed by atoms with Gasteiger partial charge in [0.2, 0.25) is 0 Å². The Balaban J connectivity index is 1.23. The molecule has 6 aromatic rings. The van der Waals surface area contributed by atoms with Crippen LogP contribution in [-0.2, 0) is 34.3 Å². The molecule has 0 saturated carbocycles. The summed E-state index contributed by atoms with van der Waals surface area (Å²) in [6.07, 6.45) is 2.44. The maximum atomic E-state index is 14.0. The Labute approximate surface area is 328 Å². The number of unbranched alkanes of at least 4 members (excludes halogenated alkanes) is 1. The Morgan fingerprint density at radius 3 is 2.16 bits per heavy atom. The number of benzene rings is 6. The van der Waals surface area contributed by atoms with Crippen LogP contribution in [0.4, 0.5) is 0 Å². The normalized spacial score (nSPS) is 12.0. The lowest BCUT2D eigenvalue weighted by molar-refractivity contribution is 0.123. The molecule has 55 heavy (non-hydrogen) atoms. The van der Waals surface area contributed by atoms with E-state index in [1.807, 2.05) is 91.0 Å². The minimum atomic E-state index is -4.27. The summed E-state index contributed by atoms with van der Waals surface area (Å²) in [5, 5.41) is 20.9. The maximum absolute atomic E-state index is 14.0. The van der Waals surface area contributed by atoms with E-state index in [1.165, 1.54) is 17.3 Å². The van der Waals surface area contributed by atoms with E-state index in [0.717, 1.165) is 41.0 Å². The number of hydrogen-bond donors (Lipinski definition) is 2. The van der Waals surface area contributed by atoms with E-state index in [0.29, 0.717) is 53.4 Å². The molecule has 0 aliphatic carbocycles. The molecule has 2 N–H and O–H groups in total. The minimum absolute atomic E-state index is 0.0201. The van der Waals surface area contributed by atoms with Crippen molar-refractivity contribution in [2.45, 2.75) is 60.0 Å². The topological polar surface area (TPSA) is 102 Å². The highest BCUT2D eigenvalue weighted by Crippen LogP contribution is 2.39. The quantitative estimate of drug-likeness (QED) is 0.0620. The zero-order valence-corrected chi connectivity index (χ0v) is 32.5. The first-order chi connectivity index (χ1) is 26.8. The van der Waals surface area contributed by atoms with E-state index < -0.39 is 16.2 Å². The van der Waals surface area contributed by atoms with Crippen LogP contribution in [0.2, 0.25) is 0 Å². The number of aliphatic hydroxyl groups excluding tert-OH is 2. The minimum Gasteiger partial charge on any atom is -0.494 e. The van der Waals surface area contributed by atoms with Crippen LogP contribution in [0.15, 0.2) is 160 Å². The van der Waals surface area contributed by atoms with Crippen LogP contribution in [0.5, 0.6) is 11.5 Å². The summed E-state index contributed by atoms with van der Waals surface area (Å²) in [5.41, 5.74) is 5.85. The fraction of sp³-hybridized carbons (Fsp3) is 0.217. The number of aliphatic hydroxyl groups is 2. The molecule has 7 nitrogen and oxygen atoms in total. The van der Waals surface area contributed by atoms with Crippen molar-refractivity contribution in [3.05, 3.63) is 173 Å². The first kappa shape index (κ1) is 39.8. The Hall–Kier alpha value is -4.90. The van der Waals surface area contributed by atoms with Crippen LogP contribution in [0.25, 0.3) is 11.1 Å². The van der Waals surface area contributed by atoms with Crippen LogP contribution < -0.4 is 8.92 Å². The predicted molar refractivity (Wildman–Crippen MR) is 218 cm³/mol. The monoisotopic (exact) mass is 774 g/mol. The van der Waals surface area contributed by atoms with Crippen molar-refractivity contribution < 1.29 is 32.3 Å². The lowest BCUT2D eigenvalue weighted by Crippen LogP contribution is -2.11. The summed E-state index contributed by atoms with van der Waals surface area (Å²) in [5.74, 6) is 0.976. The second-order valence-corrected chi connectivity index (χ2v) is 15.7. The van der Waals surface area contributed by atoms with Gasteiger partial charge in [0.05, 0.1) is 19.8 Å². The van der Waals surface area contributed by atoms with E-state index in [1.54, 1.807) is 42.5 Å². The molecule has 0 fully saturated rings. The second-order valence-electron chi connectivity index (χ2n) is 13.1. The van der Waals surface area contributed by atoms with Gasteiger partial charge < -0.3 is 23.9 Å². The van der Waals surface area contributed by atoms with E-state index in [-0.39, 0.29) is 17.3 Å². The summed E-state index contributed by atoms with van der Waals surface area (Å²) in [4.78, 5) is 1.37. The van der Waals surface area contributed by atoms with E-state index in [4.69, 9.17) is 18.8 Å². The van der Waals surface area contributed by atoms with Gasteiger partial charge in [-0.25, -0.2) is 0 Å². The van der Waals surface area contributed by atoms with Gasteiger partial charge in [-0.2, -0.15) is 8.42 Å². The van der Waals surface area contributed by atoms with Crippen molar-refractivity contribution in [1.82, 2.24) is 0 Å². The van der Waals surface area contributed by atoms with Crippen molar-refractivity contribution in [3.63, 3.8) is 0 Å². The standard InChI is InChI=1S/C46H46O7S2/c1-2-3-29-52-39-21-23-41(24-22-39)54-44-25-20-37(32-45(44)55(49,50)53-40-12-5-4-6-13-40)42-14-7-8-15-43(42)46(48)38-11-9-10-36(31-38)33-51-30-27-35-18-16-34(17-19-35)26-28-47/h4-25,31-32,46-48H,2-3,26-30,33H2,1H3. The largest absolute Gasteiger partial charge is 0.494 e. The van der Waals surface area contributed by atoms with Gasteiger partial charge in [0.15, 0.2) is 0 Å². The summed E-state index contributed by atoms with van der Waals surface area (Å²) >= 11 is 1.33. The van der Waals surface area contributed by atoms with Crippen molar-refractivity contribution in [1.29, 1.82) is 0 Å². The molecule has 9 heteroatoms. The smallest absolute Gasteiger partial charge is 0.340 e. The van der Waals surface area contributed by atoms with Gasteiger partial charge in [-0.15, -0.1) is 0 Å². The molecular formula is C46H46O7S2. The summed E-state index contributed by atoms with van der Waals surface area (Å²) in [6, 6.07) is 44.7. The zero-order chi connectivity index (χ0) is 38.5. The third-order valence-electron chi connectivity index (χ3n) is 9.04. The van der Waals surface area contributed by atoms with E-state index >= 15 is 0 Å². The summed E-state index contributed by atoms with van der Waals surface area (Å²) in [6.45, 7) is 3.83.